The minimum Gasteiger partial charge on any atom is -0.310 e. The van der Waals surface area contributed by atoms with Gasteiger partial charge in [-0.15, -0.1) is 11.8 Å². The van der Waals surface area contributed by atoms with Gasteiger partial charge in [-0.25, -0.2) is 4.98 Å². The highest BCUT2D eigenvalue weighted by Crippen LogP contribution is 2.24. The monoisotopic (exact) mass is 340 g/mol. The number of benzene rings is 1. The largest absolute Gasteiger partial charge is 0.310 e. The maximum Gasteiger partial charge on any atom is 0.235 e. The molecule has 1 heterocycles. The van der Waals surface area contributed by atoms with Gasteiger partial charge in [0.25, 0.3) is 0 Å². The Morgan fingerprint density at radius 3 is 2.76 bits per heavy atom. The minimum atomic E-state index is -0.0711. The molecule has 0 unspecified atom stereocenters. The summed E-state index contributed by atoms with van der Waals surface area (Å²) in [5, 5.41) is 3.84. The van der Waals surface area contributed by atoms with Crippen molar-refractivity contribution in [3.05, 3.63) is 57.7 Å². The summed E-state index contributed by atoms with van der Waals surface area (Å²) in [5.74, 6) is 1.56. The van der Waals surface area contributed by atoms with Gasteiger partial charge in [0, 0.05) is 11.9 Å². The first-order valence-corrected chi connectivity index (χ1v) is 8.20. The molecule has 0 spiro atoms. The van der Waals surface area contributed by atoms with E-state index in [1.165, 1.54) is 11.8 Å². The van der Waals surface area contributed by atoms with E-state index in [0.717, 1.165) is 11.1 Å². The van der Waals surface area contributed by atoms with Crippen LogP contribution in [-0.4, -0.2) is 16.6 Å². The Morgan fingerprint density at radius 1 is 1.24 bits per heavy atom. The zero-order valence-corrected chi connectivity index (χ0v) is 13.7. The molecule has 3 nitrogen and oxygen atoms in total. The van der Waals surface area contributed by atoms with Crippen LogP contribution in [0.3, 0.4) is 0 Å². The third-order valence-electron chi connectivity index (χ3n) is 2.67. The van der Waals surface area contributed by atoms with E-state index in [-0.39, 0.29) is 5.91 Å². The Hall–Kier alpha value is -1.23. The molecule has 0 aliphatic heterocycles. The van der Waals surface area contributed by atoms with Crippen molar-refractivity contribution in [2.75, 3.05) is 11.1 Å². The fraction of sp³-hybridized carbons (Fsp3) is 0.200. The van der Waals surface area contributed by atoms with E-state index >= 15 is 0 Å². The second kappa shape index (κ2) is 7.69. The Balaban J connectivity index is 1.80. The molecule has 0 aliphatic carbocycles. The van der Waals surface area contributed by atoms with Gasteiger partial charge in [0.05, 0.1) is 15.8 Å². The van der Waals surface area contributed by atoms with E-state index in [1.807, 2.05) is 31.2 Å². The van der Waals surface area contributed by atoms with E-state index in [1.54, 1.807) is 12.3 Å². The van der Waals surface area contributed by atoms with Gasteiger partial charge in [-0.1, -0.05) is 29.3 Å². The van der Waals surface area contributed by atoms with Crippen LogP contribution in [0.25, 0.3) is 0 Å². The molecule has 2 aromatic rings. The van der Waals surface area contributed by atoms with Crippen LogP contribution in [0.5, 0.6) is 0 Å². The van der Waals surface area contributed by atoms with Crippen molar-refractivity contribution in [2.24, 2.45) is 0 Å². The van der Waals surface area contributed by atoms with Crippen LogP contribution in [0, 0.1) is 6.92 Å². The van der Waals surface area contributed by atoms with Crippen LogP contribution < -0.4 is 5.32 Å². The van der Waals surface area contributed by atoms with Crippen LogP contribution in [0.2, 0.25) is 10.0 Å². The molecule has 1 aromatic carbocycles. The molecule has 0 radical (unpaired) electrons. The number of nitrogens with one attached hydrogen (secondary N) is 1. The van der Waals surface area contributed by atoms with E-state index in [4.69, 9.17) is 23.2 Å². The van der Waals surface area contributed by atoms with E-state index in [0.29, 0.717) is 27.4 Å². The second-order valence-corrected chi connectivity index (χ2v) is 6.31. The SMILES string of the molecule is Cc1ccnc(NC(=O)CSCc2ccc(Cl)c(Cl)c2)c1. The Bertz CT molecular complexity index is 649. The van der Waals surface area contributed by atoms with Gasteiger partial charge in [0.1, 0.15) is 5.82 Å². The lowest BCUT2D eigenvalue weighted by Gasteiger charge is -2.06. The van der Waals surface area contributed by atoms with E-state index in [2.05, 4.69) is 10.3 Å². The van der Waals surface area contributed by atoms with Crippen LogP contribution in [0.4, 0.5) is 5.82 Å². The van der Waals surface area contributed by atoms with Gasteiger partial charge < -0.3 is 5.32 Å². The first-order chi connectivity index (χ1) is 10.0. The lowest BCUT2D eigenvalue weighted by Crippen LogP contribution is -2.15. The number of carbonyl (C=O) groups excluding carboxylic acids is 1. The van der Waals surface area contributed by atoms with Crippen LogP contribution in [-0.2, 0) is 10.5 Å². The molecule has 2 rings (SSSR count). The number of rotatable bonds is 5. The third-order valence-corrected chi connectivity index (χ3v) is 4.41. The number of nitrogens with zero attached hydrogens (tertiary/aromatic N) is 1. The van der Waals surface area contributed by atoms with Crippen molar-refractivity contribution in [3.63, 3.8) is 0 Å². The fourth-order valence-electron chi connectivity index (χ4n) is 1.67. The molecule has 0 aliphatic rings. The fourth-order valence-corrected chi connectivity index (χ4v) is 2.77. The molecule has 0 atom stereocenters. The molecule has 1 aromatic heterocycles. The number of aryl methyl sites for hydroxylation is 1. The Morgan fingerprint density at radius 2 is 2.05 bits per heavy atom. The van der Waals surface area contributed by atoms with Gasteiger partial charge in [0.15, 0.2) is 0 Å². The smallest absolute Gasteiger partial charge is 0.235 e. The number of amides is 1. The first-order valence-electron chi connectivity index (χ1n) is 6.29. The van der Waals surface area contributed by atoms with E-state index < -0.39 is 0 Å². The highest BCUT2D eigenvalue weighted by molar-refractivity contribution is 7.99. The molecule has 1 N–H and O–H groups in total. The van der Waals surface area contributed by atoms with Crippen molar-refractivity contribution in [2.45, 2.75) is 12.7 Å². The summed E-state index contributed by atoms with van der Waals surface area (Å²) in [6.45, 7) is 1.95. The zero-order chi connectivity index (χ0) is 15.2. The summed E-state index contributed by atoms with van der Waals surface area (Å²) in [6, 6.07) is 9.20. The van der Waals surface area contributed by atoms with Gasteiger partial charge in [-0.05, 0) is 42.3 Å². The number of halogens is 2. The number of hydrogen-bond donors (Lipinski definition) is 1. The predicted molar refractivity (Wildman–Crippen MR) is 90.2 cm³/mol. The molecule has 6 heteroatoms. The summed E-state index contributed by atoms with van der Waals surface area (Å²) >= 11 is 13.3. The van der Waals surface area contributed by atoms with Crippen molar-refractivity contribution in [1.29, 1.82) is 0 Å². The lowest BCUT2D eigenvalue weighted by molar-refractivity contribution is -0.113. The van der Waals surface area contributed by atoms with Gasteiger partial charge in [-0.2, -0.15) is 0 Å². The summed E-state index contributed by atoms with van der Waals surface area (Å²) < 4.78 is 0. The molecule has 21 heavy (non-hydrogen) atoms. The maximum absolute atomic E-state index is 11.8. The number of pyridine rings is 1. The number of anilines is 1. The number of hydrogen-bond acceptors (Lipinski definition) is 3. The van der Waals surface area contributed by atoms with Crippen LogP contribution in [0.1, 0.15) is 11.1 Å². The number of carbonyl (C=O) groups is 1. The summed E-state index contributed by atoms with van der Waals surface area (Å²) in [6.07, 6.45) is 1.67. The zero-order valence-electron chi connectivity index (χ0n) is 11.4. The van der Waals surface area contributed by atoms with E-state index in [9.17, 15) is 4.79 Å². The summed E-state index contributed by atoms with van der Waals surface area (Å²) in [4.78, 5) is 15.9. The quantitative estimate of drug-likeness (QED) is 0.866. The molecular formula is C15H14Cl2N2OS. The normalized spacial score (nSPS) is 10.4. The molecule has 110 valence electrons. The molecule has 0 fully saturated rings. The van der Waals surface area contributed by atoms with Crippen molar-refractivity contribution >= 4 is 46.7 Å². The highest BCUT2D eigenvalue weighted by Gasteiger charge is 2.05. The third kappa shape index (κ3) is 5.23. The minimum absolute atomic E-state index is 0.0711. The van der Waals surface area contributed by atoms with Crippen molar-refractivity contribution in [3.8, 4) is 0 Å². The van der Waals surface area contributed by atoms with Gasteiger partial charge >= 0.3 is 0 Å². The summed E-state index contributed by atoms with van der Waals surface area (Å²) in [7, 11) is 0. The standard InChI is InChI=1S/C15H14Cl2N2OS/c1-10-4-5-18-14(6-10)19-15(20)9-21-8-11-2-3-12(16)13(17)7-11/h2-7H,8-9H2,1H3,(H,18,19,20). The van der Waals surface area contributed by atoms with Crippen molar-refractivity contribution in [1.82, 2.24) is 4.98 Å². The molecular weight excluding hydrogens is 327 g/mol. The Kier molecular flexibility index (Phi) is 5.91. The summed E-state index contributed by atoms with van der Waals surface area (Å²) in [5.41, 5.74) is 2.10. The molecule has 0 saturated heterocycles. The topological polar surface area (TPSA) is 42.0 Å². The van der Waals surface area contributed by atoms with Crippen LogP contribution in [0.15, 0.2) is 36.5 Å². The maximum atomic E-state index is 11.8. The number of aromatic nitrogens is 1. The molecule has 0 bridgehead atoms. The Labute approximate surface area is 138 Å². The van der Waals surface area contributed by atoms with Gasteiger partial charge in [0.2, 0.25) is 5.91 Å². The first kappa shape index (κ1) is 16.1. The molecule has 0 saturated carbocycles. The number of thioether (sulfide) groups is 1. The second-order valence-electron chi connectivity index (χ2n) is 4.51. The van der Waals surface area contributed by atoms with Crippen LogP contribution >= 0.6 is 35.0 Å². The molecule has 1 amide bonds. The van der Waals surface area contributed by atoms with Gasteiger partial charge in [-0.3, -0.25) is 4.79 Å². The predicted octanol–water partition coefficient (Wildman–Crippen LogP) is 4.57. The average Bonchev–Trinajstić information content (AvgIpc) is 2.43. The highest BCUT2D eigenvalue weighted by atomic mass is 35.5. The average molecular weight is 341 g/mol. The lowest BCUT2D eigenvalue weighted by atomic mass is 10.2. The van der Waals surface area contributed by atoms with Crippen molar-refractivity contribution < 1.29 is 4.79 Å².